The van der Waals surface area contributed by atoms with Crippen LogP contribution in [0.3, 0.4) is 0 Å². The molecular formula is C23H23ClN4O3S. The van der Waals surface area contributed by atoms with Gasteiger partial charge in [-0.05, 0) is 36.2 Å². The Kier molecular flexibility index (Phi) is 7.16. The molecule has 1 aromatic heterocycles. The Balaban J connectivity index is 1.35. The van der Waals surface area contributed by atoms with E-state index in [2.05, 4.69) is 20.5 Å². The first-order valence-corrected chi connectivity index (χ1v) is 11.4. The lowest BCUT2D eigenvalue weighted by molar-refractivity contribution is 0.0342. The van der Waals surface area contributed by atoms with E-state index in [4.69, 9.17) is 16.3 Å². The number of carbonyl (C=O) groups is 2. The van der Waals surface area contributed by atoms with Crippen LogP contribution in [0.15, 0.2) is 48.7 Å². The monoisotopic (exact) mass is 470 g/mol. The van der Waals surface area contributed by atoms with E-state index in [0.717, 1.165) is 55.3 Å². The van der Waals surface area contributed by atoms with Gasteiger partial charge in [0.25, 0.3) is 11.8 Å². The maximum atomic E-state index is 12.6. The number of hydrogen-bond donors (Lipinski definition) is 2. The second-order valence-corrected chi connectivity index (χ2v) is 8.89. The predicted octanol–water partition coefficient (Wildman–Crippen LogP) is 4.44. The lowest BCUT2D eigenvalue weighted by Gasteiger charge is -2.26. The number of nitrogens with zero attached hydrogens (tertiary/aromatic N) is 2. The minimum absolute atomic E-state index is 0.272. The molecule has 0 aliphatic carbocycles. The molecule has 4 rings (SSSR count). The lowest BCUT2D eigenvalue weighted by Crippen LogP contribution is -2.35. The first kappa shape index (κ1) is 22.4. The molecule has 2 heterocycles. The molecule has 9 heteroatoms. The smallest absolute Gasteiger partial charge is 0.267 e. The first-order valence-electron chi connectivity index (χ1n) is 10.2. The van der Waals surface area contributed by atoms with Crippen LogP contribution in [0.1, 0.15) is 31.2 Å². The fourth-order valence-electron chi connectivity index (χ4n) is 3.35. The Labute approximate surface area is 195 Å². The summed E-state index contributed by atoms with van der Waals surface area (Å²) in [6.07, 6.45) is 1.44. The van der Waals surface area contributed by atoms with Gasteiger partial charge in [-0.3, -0.25) is 19.8 Å². The largest absolute Gasteiger partial charge is 0.379 e. The van der Waals surface area contributed by atoms with E-state index in [9.17, 15) is 9.59 Å². The fourth-order valence-corrected chi connectivity index (χ4v) is 4.33. The van der Waals surface area contributed by atoms with Crippen LogP contribution in [0.5, 0.6) is 0 Å². The van der Waals surface area contributed by atoms with E-state index < -0.39 is 0 Å². The van der Waals surface area contributed by atoms with Gasteiger partial charge in [0.1, 0.15) is 4.88 Å². The van der Waals surface area contributed by atoms with Gasteiger partial charge >= 0.3 is 0 Å². The minimum atomic E-state index is -0.327. The number of rotatable bonds is 6. The van der Waals surface area contributed by atoms with Crippen molar-refractivity contribution in [2.75, 3.05) is 36.9 Å². The molecule has 0 atom stereocenters. The molecule has 32 heavy (non-hydrogen) atoms. The van der Waals surface area contributed by atoms with Crippen LogP contribution in [-0.4, -0.2) is 48.0 Å². The summed E-state index contributed by atoms with van der Waals surface area (Å²) in [7, 11) is 0. The van der Waals surface area contributed by atoms with Crippen molar-refractivity contribution in [3.63, 3.8) is 0 Å². The Bertz CT molecular complexity index is 1090. The molecule has 1 saturated heterocycles. The molecule has 0 spiro atoms. The number of para-hydroxylation sites is 1. The van der Waals surface area contributed by atoms with E-state index in [0.29, 0.717) is 26.3 Å². The maximum absolute atomic E-state index is 12.6. The highest BCUT2D eigenvalue weighted by atomic mass is 35.5. The number of carbonyl (C=O) groups excluding carboxylic acids is 2. The van der Waals surface area contributed by atoms with Gasteiger partial charge in [-0.15, -0.1) is 0 Å². The number of halogens is 1. The molecule has 1 aliphatic heterocycles. The maximum Gasteiger partial charge on any atom is 0.267 e. The van der Waals surface area contributed by atoms with Crippen molar-refractivity contribution in [1.82, 2.24) is 9.88 Å². The van der Waals surface area contributed by atoms with Gasteiger partial charge in [-0.1, -0.05) is 47.2 Å². The quantitative estimate of drug-likeness (QED) is 0.556. The third kappa shape index (κ3) is 5.52. The summed E-state index contributed by atoms with van der Waals surface area (Å²) in [6, 6.07) is 12.9. The zero-order valence-electron chi connectivity index (χ0n) is 17.6. The van der Waals surface area contributed by atoms with Crippen molar-refractivity contribution in [2.24, 2.45) is 0 Å². The molecule has 2 amide bonds. The van der Waals surface area contributed by atoms with Gasteiger partial charge in [0.2, 0.25) is 0 Å². The molecular weight excluding hydrogens is 448 g/mol. The number of aromatic nitrogens is 1. The number of ether oxygens (including phenoxy) is 1. The van der Waals surface area contributed by atoms with Crippen LogP contribution in [0.25, 0.3) is 0 Å². The Hall–Kier alpha value is -2.78. The summed E-state index contributed by atoms with van der Waals surface area (Å²) < 4.78 is 5.37. The summed E-state index contributed by atoms with van der Waals surface area (Å²) in [6.45, 7) is 6.04. The van der Waals surface area contributed by atoms with Crippen molar-refractivity contribution in [2.45, 2.75) is 13.5 Å². The number of morpholine rings is 1. The van der Waals surface area contributed by atoms with Gasteiger partial charge < -0.3 is 10.1 Å². The van der Waals surface area contributed by atoms with Crippen molar-refractivity contribution in [1.29, 1.82) is 0 Å². The number of hydrogen-bond acceptors (Lipinski definition) is 6. The summed E-state index contributed by atoms with van der Waals surface area (Å²) in [4.78, 5) is 32.0. The van der Waals surface area contributed by atoms with E-state index >= 15 is 0 Å². The number of nitrogens with one attached hydrogen (secondary N) is 2. The topological polar surface area (TPSA) is 83.6 Å². The molecule has 0 saturated carbocycles. The molecule has 0 radical (unpaired) electrons. The van der Waals surface area contributed by atoms with Crippen LogP contribution in [0.2, 0.25) is 5.02 Å². The van der Waals surface area contributed by atoms with E-state index in [-0.39, 0.29) is 11.8 Å². The highest BCUT2D eigenvalue weighted by Crippen LogP contribution is 2.27. The molecule has 166 valence electrons. The second-order valence-electron chi connectivity index (χ2n) is 7.46. The van der Waals surface area contributed by atoms with Crippen molar-refractivity contribution in [3.05, 3.63) is 75.3 Å². The molecule has 2 aromatic carbocycles. The van der Waals surface area contributed by atoms with Crippen LogP contribution in [0, 0.1) is 6.92 Å². The van der Waals surface area contributed by atoms with E-state index in [1.807, 2.05) is 31.2 Å². The molecule has 3 aromatic rings. The van der Waals surface area contributed by atoms with Crippen LogP contribution < -0.4 is 10.6 Å². The average Bonchev–Trinajstić information content (AvgIpc) is 3.26. The molecule has 1 fully saturated rings. The highest BCUT2D eigenvalue weighted by molar-refractivity contribution is 7.17. The molecule has 0 bridgehead atoms. The van der Waals surface area contributed by atoms with Crippen LogP contribution in [0.4, 0.5) is 10.8 Å². The van der Waals surface area contributed by atoms with E-state index in [1.165, 1.54) is 6.20 Å². The van der Waals surface area contributed by atoms with E-state index in [1.54, 1.807) is 18.2 Å². The zero-order valence-corrected chi connectivity index (χ0v) is 19.1. The van der Waals surface area contributed by atoms with Gasteiger partial charge in [0.05, 0.1) is 30.1 Å². The lowest BCUT2D eigenvalue weighted by atomic mass is 10.1. The third-order valence-electron chi connectivity index (χ3n) is 5.14. The van der Waals surface area contributed by atoms with Crippen molar-refractivity contribution in [3.8, 4) is 0 Å². The number of amides is 2. The number of aryl methyl sites for hydroxylation is 1. The normalized spacial score (nSPS) is 14.2. The number of thiazole rings is 1. The zero-order chi connectivity index (χ0) is 22.5. The van der Waals surface area contributed by atoms with Gasteiger partial charge in [-0.2, -0.15) is 0 Å². The second kappa shape index (κ2) is 10.2. The third-order valence-corrected chi connectivity index (χ3v) is 6.36. The summed E-state index contributed by atoms with van der Waals surface area (Å²) in [5, 5.41) is 6.39. The SMILES string of the molecule is Cc1cccc(Cl)c1NC(=O)c1cnc(NC(=O)c2ccc(CN3CCOCC3)cc2)s1. The molecule has 2 N–H and O–H groups in total. The van der Waals surface area contributed by atoms with Crippen molar-refractivity contribution >= 4 is 45.6 Å². The van der Waals surface area contributed by atoms with Gasteiger partial charge in [0, 0.05) is 25.2 Å². The molecule has 7 nitrogen and oxygen atoms in total. The van der Waals surface area contributed by atoms with Crippen molar-refractivity contribution < 1.29 is 14.3 Å². The fraction of sp³-hybridized carbons (Fsp3) is 0.261. The molecule has 0 unspecified atom stereocenters. The summed E-state index contributed by atoms with van der Waals surface area (Å²) in [5.74, 6) is -0.599. The summed E-state index contributed by atoms with van der Waals surface area (Å²) >= 11 is 7.28. The first-order chi connectivity index (χ1) is 15.5. The Morgan fingerprint density at radius 2 is 1.84 bits per heavy atom. The van der Waals surface area contributed by atoms with Crippen LogP contribution >= 0.6 is 22.9 Å². The average molecular weight is 471 g/mol. The highest BCUT2D eigenvalue weighted by Gasteiger charge is 2.16. The molecule has 1 aliphatic rings. The van der Waals surface area contributed by atoms with Crippen LogP contribution in [-0.2, 0) is 11.3 Å². The Morgan fingerprint density at radius 1 is 1.09 bits per heavy atom. The van der Waals surface area contributed by atoms with Gasteiger partial charge in [-0.25, -0.2) is 4.98 Å². The predicted molar refractivity (Wildman–Crippen MR) is 127 cm³/mol. The number of anilines is 2. The summed E-state index contributed by atoms with van der Waals surface area (Å²) in [5.41, 5.74) is 3.10. The standard InChI is InChI=1S/C23H23ClN4O3S/c1-15-3-2-4-18(24)20(15)26-22(30)19-13-25-23(32-19)27-21(29)17-7-5-16(6-8-17)14-28-9-11-31-12-10-28/h2-8,13H,9-12,14H2,1H3,(H,26,30)(H,25,27,29). The van der Waals surface area contributed by atoms with Gasteiger partial charge in [0.15, 0.2) is 5.13 Å². The Morgan fingerprint density at radius 3 is 2.56 bits per heavy atom. The number of benzene rings is 2. The minimum Gasteiger partial charge on any atom is -0.379 e.